The highest BCUT2D eigenvalue weighted by atomic mass is 32.1. The molecule has 0 unspecified atom stereocenters. The van der Waals surface area contributed by atoms with Crippen LogP contribution in [0, 0.1) is 0 Å². The largest absolute Gasteiger partial charge is 0.454 e. The van der Waals surface area contributed by atoms with E-state index in [1.807, 2.05) is 22.7 Å². The zero-order valence-electron chi connectivity index (χ0n) is 57.9. The molecule has 4 aliphatic rings. The molecule has 3 nitrogen and oxygen atoms in total. The maximum atomic E-state index is 7.24. The molecule has 0 saturated heterocycles. The second-order valence-electron chi connectivity index (χ2n) is 28.8. The van der Waals surface area contributed by atoms with Crippen LogP contribution in [0.25, 0.3) is 131 Å². The molecular formula is C102H62N2OS2. The van der Waals surface area contributed by atoms with Crippen molar-refractivity contribution in [2.45, 2.75) is 10.8 Å². The van der Waals surface area contributed by atoms with Crippen molar-refractivity contribution in [2.75, 3.05) is 9.80 Å². The summed E-state index contributed by atoms with van der Waals surface area (Å²) in [6, 6.07) is 140. The van der Waals surface area contributed by atoms with Gasteiger partial charge < -0.3 is 14.2 Å². The van der Waals surface area contributed by atoms with Gasteiger partial charge in [0.15, 0.2) is 5.58 Å². The predicted molar refractivity (Wildman–Crippen MR) is 448 cm³/mol. The van der Waals surface area contributed by atoms with Gasteiger partial charge in [0.25, 0.3) is 0 Å². The standard InChI is InChI=1S/C102H62N2OS2/c1-4-24-66(25-5-1)73-58-55-71(61-83(73)67-26-6-2-7-27-67)103(90-42-23-41-88-97(90)96-82-35-15-21-45-94(82)107-100(96)101(88)84-37-16-10-30-74(84)75-31-11-17-38-85(75)101)70-53-50-64(51-54-70)63-46-48-65(49-47-63)68-52-57-78-79-36-22-43-91(98(79)105-92(78)60-68)104(69-28-8-3-9-29-69)72-56-59-80-89(62-72)102(99-95(80)81-34-14-20-44-93(81)106-99)86-39-18-12-32-76(86)77-33-13-19-40-87(77)102/h1-62H. The molecule has 16 aromatic carbocycles. The molecule has 0 bridgehead atoms. The summed E-state index contributed by atoms with van der Waals surface area (Å²) in [4.78, 5) is 7.71. The molecule has 0 fully saturated rings. The molecule has 0 radical (unpaired) electrons. The number of thiophene rings is 2. The molecule has 3 heterocycles. The molecule has 3 aromatic heterocycles. The van der Waals surface area contributed by atoms with Crippen LogP contribution in [0.5, 0.6) is 0 Å². The first-order chi connectivity index (χ1) is 53.1. The first-order valence-corrected chi connectivity index (χ1v) is 38.5. The molecule has 0 N–H and O–H groups in total. The lowest BCUT2D eigenvalue weighted by Crippen LogP contribution is -2.25. The fraction of sp³-hybridized carbons (Fsp3) is 0.0196. The highest BCUT2D eigenvalue weighted by Gasteiger charge is 2.56. The van der Waals surface area contributed by atoms with Crippen molar-refractivity contribution in [1.82, 2.24) is 0 Å². The summed E-state index contributed by atoms with van der Waals surface area (Å²) in [6.45, 7) is 0. The summed E-state index contributed by atoms with van der Waals surface area (Å²) in [7, 11) is 0. The fourth-order valence-corrected chi connectivity index (χ4v) is 21.9. The van der Waals surface area contributed by atoms with Gasteiger partial charge >= 0.3 is 0 Å². The third-order valence-corrected chi connectivity index (χ3v) is 26.1. The van der Waals surface area contributed by atoms with Crippen LogP contribution >= 0.6 is 22.7 Å². The first kappa shape index (κ1) is 60.3. The average Bonchev–Trinajstić information content (AvgIpc) is 1.50. The Hall–Kier alpha value is -13.2. The number of rotatable bonds is 10. The van der Waals surface area contributed by atoms with E-state index in [1.165, 1.54) is 130 Å². The van der Waals surface area contributed by atoms with E-state index < -0.39 is 10.8 Å². The molecule has 498 valence electrons. The summed E-state index contributed by atoms with van der Waals surface area (Å²) in [5.74, 6) is 0. The normalized spacial score (nSPS) is 13.4. The van der Waals surface area contributed by atoms with E-state index in [2.05, 4.69) is 386 Å². The van der Waals surface area contributed by atoms with Crippen LogP contribution in [-0.4, -0.2) is 0 Å². The highest BCUT2D eigenvalue weighted by Crippen LogP contribution is 2.70. The minimum atomic E-state index is -0.503. The van der Waals surface area contributed by atoms with Gasteiger partial charge in [-0.2, -0.15) is 0 Å². The zero-order valence-corrected chi connectivity index (χ0v) is 59.5. The molecule has 0 amide bonds. The van der Waals surface area contributed by atoms with Gasteiger partial charge in [0.1, 0.15) is 5.58 Å². The van der Waals surface area contributed by atoms with Gasteiger partial charge in [-0.25, -0.2) is 0 Å². The number of hydrogen-bond acceptors (Lipinski definition) is 5. The van der Waals surface area contributed by atoms with Gasteiger partial charge in [0, 0.05) is 80.1 Å². The van der Waals surface area contributed by atoms with E-state index in [0.29, 0.717) is 0 Å². The molecule has 0 atom stereocenters. The molecular weight excluding hydrogens is 1330 g/mol. The Morgan fingerprint density at radius 2 is 0.645 bits per heavy atom. The fourth-order valence-electron chi connectivity index (χ4n) is 19.0. The van der Waals surface area contributed by atoms with Crippen molar-refractivity contribution in [1.29, 1.82) is 0 Å². The number of nitrogens with zero attached hydrogens (tertiary/aromatic N) is 2. The van der Waals surface area contributed by atoms with Crippen LogP contribution in [0.3, 0.4) is 0 Å². The van der Waals surface area contributed by atoms with Crippen molar-refractivity contribution in [2.24, 2.45) is 0 Å². The van der Waals surface area contributed by atoms with Crippen molar-refractivity contribution in [3.63, 3.8) is 0 Å². The van der Waals surface area contributed by atoms with E-state index in [1.54, 1.807) is 0 Å². The van der Waals surface area contributed by atoms with Crippen molar-refractivity contribution < 1.29 is 4.42 Å². The van der Waals surface area contributed by atoms with Crippen molar-refractivity contribution >= 4 is 98.9 Å². The highest BCUT2D eigenvalue weighted by molar-refractivity contribution is 7.20. The van der Waals surface area contributed by atoms with Crippen LogP contribution in [0.4, 0.5) is 34.1 Å². The Labute approximate surface area is 627 Å². The lowest BCUT2D eigenvalue weighted by atomic mass is 9.73. The Kier molecular flexibility index (Phi) is 13.1. The second-order valence-corrected chi connectivity index (χ2v) is 30.9. The van der Waals surface area contributed by atoms with Crippen molar-refractivity contribution in [3.8, 4) is 89.0 Å². The average molecular weight is 1400 g/mol. The van der Waals surface area contributed by atoms with E-state index in [4.69, 9.17) is 4.42 Å². The van der Waals surface area contributed by atoms with E-state index >= 15 is 0 Å². The van der Waals surface area contributed by atoms with Crippen LogP contribution in [-0.2, 0) is 10.8 Å². The first-order valence-electron chi connectivity index (χ1n) is 36.9. The van der Waals surface area contributed by atoms with Gasteiger partial charge in [-0.3, -0.25) is 0 Å². The molecule has 2 spiro atoms. The summed E-state index contributed by atoms with van der Waals surface area (Å²) in [5, 5.41) is 4.75. The molecule has 0 aliphatic heterocycles. The minimum absolute atomic E-state index is 0.490. The van der Waals surface area contributed by atoms with Crippen LogP contribution in [0.2, 0.25) is 0 Å². The molecule has 23 rings (SSSR count). The Morgan fingerprint density at radius 1 is 0.224 bits per heavy atom. The van der Waals surface area contributed by atoms with Crippen LogP contribution in [0.1, 0.15) is 43.1 Å². The Morgan fingerprint density at radius 3 is 1.26 bits per heavy atom. The van der Waals surface area contributed by atoms with E-state index in [0.717, 1.165) is 78.3 Å². The number of hydrogen-bond donors (Lipinski definition) is 0. The number of para-hydroxylation sites is 2. The number of furan rings is 1. The maximum absolute atomic E-state index is 7.24. The third-order valence-electron chi connectivity index (χ3n) is 23.5. The Balaban J connectivity index is 0.627. The topological polar surface area (TPSA) is 19.6 Å². The lowest BCUT2D eigenvalue weighted by Gasteiger charge is -2.32. The predicted octanol–water partition coefficient (Wildman–Crippen LogP) is 28.3. The molecule has 5 heteroatoms. The number of fused-ring (bicyclic) bond motifs is 27. The smallest absolute Gasteiger partial charge is 0.159 e. The minimum Gasteiger partial charge on any atom is -0.454 e. The number of benzene rings is 16. The summed E-state index contributed by atoms with van der Waals surface area (Å²) in [6.07, 6.45) is 0. The summed E-state index contributed by atoms with van der Waals surface area (Å²) in [5.41, 5.74) is 34.7. The van der Waals surface area contributed by atoms with Gasteiger partial charge in [-0.15, -0.1) is 22.7 Å². The summed E-state index contributed by atoms with van der Waals surface area (Å²) < 4.78 is 9.86. The van der Waals surface area contributed by atoms with Crippen LogP contribution in [0.15, 0.2) is 381 Å². The molecule has 4 aliphatic carbocycles. The second kappa shape index (κ2) is 23.2. The zero-order chi connectivity index (χ0) is 70.1. The SMILES string of the molecule is c1ccc(-c2ccc(N(c3ccc(-c4ccc(-c5ccc6c(c5)oc5c(N(c7ccccc7)c7ccc8c(c7)C7(c9ccccc9-c9ccccc97)c7sc9ccccc9c7-8)cccc56)cc4)cc3)c3cccc4c3-c3c(sc5ccccc35)C43c4ccccc4-c4ccccc43)cc2-c2ccccc2)cc1. The Bertz CT molecular complexity index is 6790. The maximum Gasteiger partial charge on any atom is 0.159 e. The van der Waals surface area contributed by atoms with Gasteiger partial charge in [-0.1, -0.05) is 291 Å². The molecule has 0 saturated carbocycles. The van der Waals surface area contributed by atoms with Gasteiger partial charge in [0.05, 0.1) is 22.2 Å². The molecule has 107 heavy (non-hydrogen) atoms. The van der Waals surface area contributed by atoms with Gasteiger partial charge in [0.2, 0.25) is 0 Å². The van der Waals surface area contributed by atoms with Crippen LogP contribution < -0.4 is 9.80 Å². The van der Waals surface area contributed by atoms with E-state index in [-0.39, 0.29) is 0 Å². The lowest BCUT2D eigenvalue weighted by molar-refractivity contribution is 0.669. The number of anilines is 6. The van der Waals surface area contributed by atoms with Gasteiger partial charge in [-0.05, 0) is 191 Å². The summed E-state index contributed by atoms with van der Waals surface area (Å²) >= 11 is 3.90. The monoisotopic (exact) mass is 1390 g/mol. The quantitative estimate of drug-likeness (QED) is 0.136. The third kappa shape index (κ3) is 8.52. The molecule has 19 aromatic rings. The van der Waals surface area contributed by atoms with Crippen molar-refractivity contribution in [3.05, 3.63) is 419 Å². The van der Waals surface area contributed by atoms with E-state index in [9.17, 15) is 0 Å².